The summed E-state index contributed by atoms with van der Waals surface area (Å²) in [4.78, 5) is 22.6. The first kappa shape index (κ1) is 15.5. The van der Waals surface area contributed by atoms with Crippen LogP contribution in [0.3, 0.4) is 0 Å². The lowest BCUT2D eigenvalue weighted by Gasteiger charge is -2.05. The molecular weight excluding hydrogens is 310 g/mol. The number of carboxylic acid groups (broad SMARTS) is 1. The van der Waals surface area contributed by atoms with Crippen LogP contribution < -0.4 is 5.32 Å². The topological polar surface area (TPSA) is 92.2 Å². The van der Waals surface area contributed by atoms with Gasteiger partial charge in [0.15, 0.2) is 4.34 Å². The van der Waals surface area contributed by atoms with Crippen LogP contribution in [-0.2, 0) is 4.79 Å². The first-order chi connectivity index (χ1) is 10.0. The number of carbonyl (C=O) groups is 2. The predicted octanol–water partition coefficient (Wildman–Crippen LogP) is 2.67. The zero-order valence-corrected chi connectivity index (χ0v) is 12.8. The zero-order valence-electron chi connectivity index (χ0n) is 11.2. The van der Waals surface area contributed by atoms with Gasteiger partial charge in [0.2, 0.25) is 5.91 Å². The van der Waals surface area contributed by atoms with Crippen LogP contribution in [0.2, 0.25) is 0 Å². The number of aromatic nitrogens is 2. The number of hydrogen-bond acceptors (Lipinski definition) is 6. The minimum atomic E-state index is -1.02. The van der Waals surface area contributed by atoms with Gasteiger partial charge in [-0.05, 0) is 25.1 Å². The van der Waals surface area contributed by atoms with E-state index in [0.717, 1.165) is 9.35 Å². The summed E-state index contributed by atoms with van der Waals surface area (Å²) in [6, 6.07) is 6.16. The molecule has 2 aromatic rings. The molecule has 1 heterocycles. The van der Waals surface area contributed by atoms with Crippen LogP contribution in [0, 0.1) is 6.92 Å². The normalized spacial score (nSPS) is 10.3. The molecule has 0 aliphatic rings. The average molecular weight is 323 g/mol. The Morgan fingerprint density at radius 1 is 1.38 bits per heavy atom. The predicted molar refractivity (Wildman–Crippen MR) is 82.0 cm³/mol. The molecule has 6 nitrogen and oxygen atoms in total. The summed E-state index contributed by atoms with van der Waals surface area (Å²) in [7, 11) is 0. The Labute approximate surface area is 129 Å². The molecule has 0 bridgehead atoms. The van der Waals surface area contributed by atoms with E-state index in [1.165, 1.54) is 35.2 Å². The van der Waals surface area contributed by atoms with Gasteiger partial charge >= 0.3 is 5.97 Å². The summed E-state index contributed by atoms with van der Waals surface area (Å²) < 4.78 is 0.841. The Morgan fingerprint density at radius 3 is 2.86 bits per heavy atom. The Kier molecular flexibility index (Phi) is 5.29. The highest BCUT2D eigenvalue weighted by Gasteiger charge is 2.07. The van der Waals surface area contributed by atoms with Crippen molar-refractivity contribution in [3.05, 3.63) is 34.8 Å². The van der Waals surface area contributed by atoms with Crippen LogP contribution in [0.15, 0.2) is 28.6 Å². The number of carboxylic acids is 1. The molecule has 0 saturated carbocycles. The van der Waals surface area contributed by atoms with Gasteiger partial charge in [0, 0.05) is 17.9 Å². The number of nitrogens with zero attached hydrogens (tertiary/aromatic N) is 2. The van der Waals surface area contributed by atoms with E-state index in [1.54, 1.807) is 12.1 Å². The van der Waals surface area contributed by atoms with Crippen molar-refractivity contribution in [3.8, 4) is 0 Å². The Morgan fingerprint density at radius 2 is 2.19 bits per heavy atom. The van der Waals surface area contributed by atoms with Gasteiger partial charge in [0.05, 0.1) is 5.56 Å². The maximum absolute atomic E-state index is 11.8. The van der Waals surface area contributed by atoms with E-state index in [2.05, 4.69) is 15.5 Å². The molecule has 2 N–H and O–H groups in total. The molecule has 0 radical (unpaired) electrons. The molecule has 0 unspecified atom stereocenters. The highest BCUT2D eigenvalue weighted by atomic mass is 32.2. The SMILES string of the molecule is Cc1nnc(SCCC(=O)Nc2cccc(C(=O)O)c2)s1. The highest BCUT2D eigenvalue weighted by Crippen LogP contribution is 2.22. The second-order valence-electron chi connectivity index (χ2n) is 4.12. The summed E-state index contributed by atoms with van der Waals surface area (Å²) in [5, 5.41) is 20.3. The minimum Gasteiger partial charge on any atom is -0.478 e. The van der Waals surface area contributed by atoms with Crippen molar-refractivity contribution in [3.63, 3.8) is 0 Å². The van der Waals surface area contributed by atoms with Gasteiger partial charge in [-0.15, -0.1) is 10.2 Å². The number of carbonyl (C=O) groups excluding carboxylic acids is 1. The molecule has 1 amide bonds. The summed E-state index contributed by atoms with van der Waals surface area (Å²) in [6.45, 7) is 1.88. The fourth-order valence-corrected chi connectivity index (χ4v) is 3.35. The standard InChI is InChI=1S/C13H13N3O3S2/c1-8-15-16-13(21-8)20-6-5-11(17)14-10-4-2-3-9(7-10)12(18)19/h2-4,7H,5-6H2,1H3,(H,14,17)(H,18,19). The molecule has 0 aliphatic heterocycles. The smallest absolute Gasteiger partial charge is 0.335 e. The second kappa shape index (κ2) is 7.19. The number of anilines is 1. The number of aromatic carboxylic acids is 1. The van der Waals surface area contributed by atoms with Crippen LogP contribution >= 0.6 is 23.1 Å². The third kappa shape index (κ3) is 4.83. The van der Waals surface area contributed by atoms with Gasteiger partial charge < -0.3 is 10.4 Å². The maximum Gasteiger partial charge on any atom is 0.335 e. The van der Waals surface area contributed by atoms with Crippen molar-refractivity contribution >= 4 is 40.7 Å². The van der Waals surface area contributed by atoms with Gasteiger partial charge in [0.25, 0.3) is 0 Å². The summed E-state index contributed by atoms with van der Waals surface area (Å²) in [6.07, 6.45) is 0.320. The van der Waals surface area contributed by atoms with Gasteiger partial charge in [-0.25, -0.2) is 4.79 Å². The van der Waals surface area contributed by atoms with E-state index >= 15 is 0 Å². The van der Waals surface area contributed by atoms with Crippen molar-refractivity contribution in [1.82, 2.24) is 10.2 Å². The average Bonchev–Trinajstić information content (AvgIpc) is 2.84. The van der Waals surface area contributed by atoms with Crippen molar-refractivity contribution in [1.29, 1.82) is 0 Å². The maximum atomic E-state index is 11.8. The van der Waals surface area contributed by atoms with Crippen molar-refractivity contribution < 1.29 is 14.7 Å². The van der Waals surface area contributed by atoms with E-state index in [4.69, 9.17) is 5.11 Å². The molecule has 21 heavy (non-hydrogen) atoms. The van der Waals surface area contributed by atoms with Gasteiger partial charge in [-0.3, -0.25) is 4.79 Å². The molecule has 110 valence electrons. The lowest BCUT2D eigenvalue weighted by atomic mass is 10.2. The fourth-order valence-electron chi connectivity index (χ4n) is 1.52. The Balaban J connectivity index is 1.81. The van der Waals surface area contributed by atoms with Crippen LogP contribution in [0.5, 0.6) is 0 Å². The number of amides is 1. The van der Waals surface area contributed by atoms with E-state index in [1.807, 2.05) is 6.92 Å². The number of thioether (sulfide) groups is 1. The number of nitrogens with one attached hydrogen (secondary N) is 1. The molecule has 0 saturated heterocycles. The van der Waals surface area contributed by atoms with E-state index < -0.39 is 5.97 Å². The number of benzene rings is 1. The summed E-state index contributed by atoms with van der Waals surface area (Å²) in [5.41, 5.74) is 0.628. The van der Waals surface area contributed by atoms with E-state index in [9.17, 15) is 9.59 Å². The van der Waals surface area contributed by atoms with E-state index in [0.29, 0.717) is 17.9 Å². The zero-order chi connectivity index (χ0) is 15.2. The molecule has 8 heteroatoms. The van der Waals surface area contributed by atoms with Crippen molar-refractivity contribution in [2.75, 3.05) is 11.1 Å². The first-order valence-corrected chi connectivity index (χ1v) is 7.91. The molecule has 0 atom stereocenters. The number of aryl methyl sites for hydroxylation is 1. The first-order valence-electron chi connectivity index (χ1n) is 6.11. The molecule has 1 aromatic heterocycles. The minimum absolute atomic E-state index is 0.145. The third-order valence-electron chi connectivity index (χ3n) is 2.46. The molecule has 0 spiro atoms. The quantitative estimate of drug-likeness (QED) is 0.794. The van der Waals surface area contributed by atoms with Crippen molar-refractivity contribution in [2.24, 2.45) is 0 Å². The molecule has 2 rings (SSSR count). The van der Waals surface area contributed by atoms with Gasteiger partial charge in [-0.1, -0.05) is 29.2 Å². The lowest BCUT2D eigenvalue weighted by molar-refractivity contribution is -0.115. The van der Waals surface area contributed by atoms with Gasteiger partial charge in [0.1, 0.15) is 5.01 Å². The van der Waals surface area contributed by atoms with Crippen LogP contribution in [0.4, 0.5) is 5.69 Å². The lowest BCUT2D eigenvalue weighted by Crippen LogP contribution is -2.12. The fraction of sp³-hybridized carbons (Fsp3) is 0.231. The highest BCUT2D eigenvalue weighted by molar-refractivity contribution is 8.01. The third-order valence-corrected chi connectivity index (χ3v) is 4.43. The van der Waals surface area contributed by atoms with Crippen LogP contribution in [0.25, 0.3) is 0 Å². The molecule has 0 fully saturated rings. The molecular formula is C13H13N3O3S2. The Bertz CT molecular complexity index is 658. The number of hydrogen-bond donors (Lipinski definition) is 2. The monoisotopic (exact) mass is 323 g/mol. The number of rotatable bonds is 6. The molecule has 0 aliphatic carbocycles. The largest absolute Gasteiger partial charge is 0.478 e. The van der Waals surface area contributed by atoms with E-state index in [-0.39, 0.29) is 11.5 Å². The van der Waals surface area contributed by atoms with Crippen LogP contribution in [-0.4, -0.2) is 32.9 Å². The van der Waals surface area contributed by atoms with Crippen molar-refractivity contribution in [2.45, 2.75) is 17.7 Å². The summed E-state index contributed by atoms with van der Waals surface area (Å²) >= 11 is 2.97. The van der Waals surface area contributed by atoms with Crippen LogP contribution in [0.1, 0.15) is 21.8 Å². The second-order valence-corrected chi connectivity index (χ2v) is 6.64. The molecule has 1 aromatic carbocycles. The Hall–Kier alpha value is -1.93. The summed E-state index contributed by atoms with van der Waals surface area (Å²) in [5.74, 6) is -0.585. The van der Waals surface area contributed by atoms with Gasteiger partial charge in [-0.2, -0.15) is 0 Å².